The molecule has 0 fully saturated rings. The van der Waals surface area contributed by atoms with Gasteiger partial charge in [0, 0.05) is 11.0 Å². The van der Waals surface area contributed by atoms with Crippen molar-refractivity contribution in [3.63, 3.8) is 0 Å². The Kier molecular flexibility index (Phi) is 7.67. The number of rotatable bonds is 7. The average Bonchev–Trinajstić information content (AvgIpc) is 2.52. The van der Waals surface area contributed by atoms with E-state index in [4.69, 9.17) is 4.74 Å². The molecule has 23 heavy (non-hydrogen) atoms. The summed E-state index contributed by atoms with van der Waals surface area (Å²) in [6.45, 7) is 3.33. The zero-order valence-corrected chi connectivity index (χ0v) is 14.4. The Morgan fingerprint density at radius 3 is 2.70 bits per heavy atom. The van der Waals surface area contributed by atoms with Crippen molar-refractivity contribution >= 4 is 33.7 Å². The molecule has 0 saturated heterocycles. The second-order valence-corrected chi connectivity index (χ2v) is 5.70. The highest BCUT2D eigenvalue weighted by Crippen LogP contribution is 2.16. The summed E-state index contributed by atoms with van der Waals surface area (Å²) < 4.78 is 18.8. The highest BCUT2D eigenvalue weighted by atomic mass is 79.9. The van der Waals surface area contributed by atoms with Gasteiger partial charge >= 0.3 is 5.97 Å². The highest BCUT2D eigenvalue weighted by molar-refractivity contribution is 9.10. The second kappa shape index (κ2) is 9.24. The van der Waals surface area contributed by atoms with E-state index in [9.17, 15) is 18.8 Å². The van der Waals surface area contributed by atoms with Gasteiger partial charge < -0.3 is 15.4 Å². The molecule has 8 heteroatoms. The summed E-state index contributed by atoms with van der Waals surface area (Å²) in [4.78, 5) is 35.0. The van der Waals surface area contributed by atoms with Crippen LogP contribution in [0.15, 0.2) is 22.7 Å². The molecule has 2 amide bonds. The normalized spacial score (nSPS) is 11.5. The molecule has 1 atom stereocenters. The molecule has 0 spiro atoms. The van der Waals surface area contributed by atoms with Crippen molar-refractivity contribution in [2.24, 2.45) is 0 Å². The second-order valence-electron chi connectivity index (χ2n) is 4.78. The number of carbonyl (C=O) groups excluding carboxylic acids is 3. The maximum absolute atomic E-state index is 13.5. The monoisotopic (exact) mass is 388 g/mol. The van der Waals surface area contributed by atoms with Gasteiger partial charge in [0.05, 0.1) is 5.56 Å². The van der Waals surface area contributed by atoms with E-state index < -0.39 is 30.3 Å². The summed E-state index contributed by atoms with van der Waals surface area (Å²) in [7, 11) is 0. The topological polar surface area (TPSA) is 84.5 Å². The molecule has 0 aliphatic rings. The van der Waals surface area contributed by atoms with Crippen LogP contribution in [0.5, 0.6) is 0 Å². The molecule has 126 valence electrons. The summed E-state index contributed by atoms with van der Waals surface area (Å²) in [6, 6.07) is 3.06. The van der Waals surface area contributed by atoms with Gasteiger partial charge in [0.2, 0.25) is 5.91 Å². The van der Waals surface area contributed by atoms with Crippen molar-refractivity contribution in [2.45, 2.75) is 26.3 Å². The number of halogens is 2. The summed E-state index contributed by atoms with van der Waals surface area (Å²) >= 11 is 3.12. The lowest BCUT2D eigenvalue weighted by atomic mass is 10.2. The van der Waals surface area contributed by atoms with Gasteiger partial charge in [0.15, 0.2) is 6.61 Å². The highest BCUT2D eigenvalue weighted by Gasteiger charge is 2.18. The Morgan fingerprint density at radius 2 is 2.04 bits per heavy atom. The van der Waals surface area contributed by atoms with E-state index in [1.54, 1.807) is 0 Å². The number of ether oxygens (including phenoxy) is 1. The van der Waals surface area contributed by atoms with E-state index in [-0.39, 0.29) is 11.5 Å². The van der Waals surface area contributed by atoms with Crippen molar-refractivity contribution in [2.75, 3.05) is 13.2 Å². The third-order valence-electron chi connectivity index (χ3n) is 2.80. The first kappa shape index (κ1) is 19.1. The zero-order valence-electron chi connectivity index (χ0n) is 12.8. The van der Waals surface area contributed by atoms with Crippen LogP contribution in [-0.4, -0.2) is 37.0 Å². The summed E-state index contributed by atoms with van der Waals surface area (Å²) in [6.07, 6.45) is 0.780. The van der Waals surface area contributed by atoms with Crippen LogP contribution in [-0.2, 0) is 14.3 Å². The minimum absolute atomic E-state index is 0.277. The number of benzene rings is 1. The molecule has 0 aliphatic heterocycles. The standard InChI is InChI=1S/C15H18BrFN2O4/c1-3-6-18-14(21)9(2)19-13(20)8-23-15(22)11-7-10(16)4-5-12(11)17/h4-5,7,9H,3,6,8H2,1-2H3,(H,18,21)(H,19,20)/t9-/m1/s1. The Labute approximate surface area is 141 Å². The summed E-state index contributed by atoms with van der Waals surface area (Å²) in [5.41, 5.74) is -0.277. The lowest BCUT2D eigenvalue weighted by Gasteiger charge is -2.14. The third-order valence-corrected chi connectivity index (χ3v) is 3.30. The number of carbonyl (C=O) groups is 3. The fraction of sp³-hybridized carbons (Fsp3) is 0.400. The number of hydrogen-bond acceptors (Lipinski definition) is 4. The van der Waals surface area contributed by atoms with Gasteiger partial charge in [-0.25, -0.2) is 9.18 Å². The van der Waals surface area contributed by atoms with E-state index in [0.29, 0.717) is 11.0 Å². The van der Waals surface area contributed by atoms with Gasteiger partial charge in [0.25, 0.3) is 5.91 Å². The number of amides is 2. The van der Waals surface area contributed by atoms with Crippen molar-refractivity contribution in [3.05, 3.63) is 34.1 Å². The van der Waals surface area contributed by atoms with Crippen LogP contribution < -0.4 is 10.6 Å². The Bertz CT molecular complexity index is 595. The molecule has 2 N–H and O–H groups in total. The largest absolute Gasteiger partial charge is 0.452 e. The van der Waals surface area contributed by atoms with E-state index in [1.807, 2.05) is 6.92 Å². The molecule has 1 aromatic rings. The first-order valence-electron chi connectivity index (χ1n) is 7.04. The fourth-order valence-corrected chi connectivity index (χ4v) is 1.97. The van der Waals surface area contributed by atoms with Crippen LogP contribution in [0, 0.1) is 5.82 Å². The van der Waals surface area contributed by atoms with Gasteiger partial charge in [0.1, 0.15) is 11.9 Å². The Hall–Kier alpha value is -1.96. The van der Waals surface area contributed by atoms with E-state index in [1.165, 1.54) is 19.1 Å². The molecule has 1 rings (SSSR count). The molecule has 0 unspecified atom stereocenters. The van der Waals surface area contributed by atoms with Crippen molar-refractivity contribution in [1.29, 1.82) is 0 Å². The number of hydrogen-bond donors (Lipinski definition) is 2. The lowest BCUT2D eigenvalue weighted by Crippen LogP contribution is -2.46. The fourth-order valence-electron chi connectivity index (χ4n) is 1.61. The van der Waals surface area contributed by atoms with Gasteiger partial charge in [-0.2, -0.15) is 0 Å². The minimum atomic E-state index is -0.956. The van der Waals surface area contributed by atoms with Gasteiger partial charge in [-0.15, -0.1) is 0 Å². The van der Waals surface area contributed by atoms with Crippen molar-refractivity contribution < 1.29 is 23.5 Å². The SMILES string of the molecule is CCCNC(=O)[C@@H](C)NC(=O)COC(=O)c1cc(Br)ccc1F. The van der Waals surface area contributed by atoms with Gasteiger partial charge in [-0.1, -0.05) is 22.9 Å². The van der Waals surface area contributed by atoms with Crippen LogP contribution in [0.4, 0.5) is 4.39 Å². The predicted molar refractivity (Wildman–Crippen MR) is 85.3 cm³/mol. The zero-order chi connectivity index (χ0) is 17.4. The quantitative estimate of drug-likeness (QED) is 0.697. The average molecular weight is 389 g/mol. The van der Waals surface area contributed by atoms with Crippen molar-refractivity contribution in [1.82, 2.24) is 10.6 Å². The molecule has 1 aromatic carbocycles. The van der Waals surface area contributed by atoms with E-state index in [2.05, 4.69) is 26.6 Å². The van der Waals surface area contributed by atoms with E-state index >= 15 is 0 Å². The molecule has 0 heterocycles. The maximum atomic E-state index is 13.5. The number of esters is 1. The molecule has 0 aliphatic carbocycles. The van der Waals surface area contributed by atoms with Crippen LogP contribution in [0.3, 0.4) is 0 Å². The molecular formula is C15H18BrFN2O4. The first-order chi connectivity index (χ1) is 10.8. The Morgan fingerprint density at radius 1 is 1.35 bits per heavy atom. The van der Waals surface area contributed by atoms with Gasteiger partial charge in [-0.3, -0.25) is 9.59 Å². The van der Waals surface area contributed by atoms with Crippen LogP contribution in [0.1, 0.15) is 30.6 Å². The summed E-state index contributed by atoms with van der Waals surface area (Å²) in [5, 5.41) is 5.02. The minimum Gasteiger partial charge on any atom is -0.452 e. The molecule has 6 nitrogen and oxygen atoms in total. The smallest absolute Gasteiger partial charge is 0.341 e. The first-order valence-corrected chi connectivity index (χ1v) is 7.83. The van der Waals surface area contributed by atoms with Crippen LogP contribution >= 0.6 is 15.9 Å². The van der Waals surface area contributed by atoms with E-state index in [0.717, 1.165) is 12.5 Å². The molecule has 0 saturated carbocycles. The summed E-state index contributed by atoms with van der Waals surface area (Å²) in [5.74, 6) is -2.68. The Balaban J connectivity index is 2.48. The molecule has 0 bridgehead atoms. The van der Waals surface area contributed by atoms with Gasteiger partial charge in [-0.05, 0) is 31.5 Å². The maximum Gasteiger partial charge on any atom is 0.341 e. The number of nitrogens with one attached hydrogen (secondary N) is 2. The molecule has 0 aromatic heterocycles. The lowest BCUT2D eigenvalue weighted by molar-refractivity contribution is -0.130. The van der Waals surface area contributed by atoms with Crippen LogP contribution in [0.25, 0.3) is 0 Å². The third kappa shape index (κ3) is 6.35. The molecule has 0 radical (unpaired) electrons. The predicted octanol–water partition coefficient (Wildman–Crippen LogP) is 1.78. The van der Waals surface area contributed by atoms with Crippen LogP contribution in [0.2, 0.25) is 0 Å². The van der Waals surface area contributed by atoms with Crippen molar-refractivity contribution in [3.8, 4) is 0 Å². The molecular weight excluding hydrogens is 371 g/mol.